The van der Waals surface area contributed by atoms with E-state index < -0.39 is 17.6 Å². The Morgan fingerprint density at radius 3 is 2.29 bits per heavy atom. The highest BCUT2D eigenvalue weighted by molar-refractivity contribution is 6.03. The van der Waals surface area contributed by atoms with Gasteiger partial charge in [-0.1, -0.05) is 30.3 Å². The van der Waals surface area contributed by atoms with Crippen LogP contribution in [-0.4, -0.2) is 22.4 Å². The molecule has 144 valence electrons. The number of rotatable bonds is 5. The van der Waals surface area contributed by atoms with Crippen LogP contribution in [0.15, 0.2) is 67.0 Å². The molecule has 1 amide bonds. The first-order valence-electron chi connectivity index (χ1n) is 8.52. The highest BCUT2D eigenvalue weighted by atomic mass is 19.4. The molecule has 0 unspecified atom stereocenters. The Kier molecular flexibility index (Phi) is 5.58. The van der Waals surface area contributed by atoms with Gasteiger partial charge in [0.1, 0.15) is 5.69 Å². The quantitative estimate of drug-likeness (QED) is 0.677. The van der Waals surface area contributed by atoms with E-state index in [2.05, 4.69) is 15.3 Å². The summed E-state index contributed by atoms with van der Waals surface area (Å²) in [5, 5.41) is 2.25. The van der Waals surface area contributed by atoms with E-state index in [0.29, 0.717) is 12.4 Å². The van der Waals surface area contributed by atoms with E-state index >= 15 is 0 Å². The molecule has 2 aromatic carbocycles. The Hall–Kier alpha value is -3.42. The first kappa shape index (κ1) is 19.3. The third kappa shape index (κ3) is 4.28. The molecule has 0 fully saturated rings. The van der Waals surface area contributed by atoms with Crippen LogP contribution in [0.1, 0.15) is 23.0 Å². The molecule has 5 nitrogen and oxygen atoms in total. The van der Waals surface area contributed by atoms with Gasteiger partial charge in [0.15, 0.2) is 5.82 Å². The highest BCUT2D eigenvalue weighted by Gasteiger charge is 2.33. The monoisotopic (exact) mass is 386 g/mol. The first-order valence-corrected chi connectivity index (χ1v) is 8.52. The minimum Gasteiger partial charge on any atom is -0.325 e. The number of nitrogens with one attached hydrogen (secondary N) is 1. The van der Waals surface area contributed by atoms with Crippen LogP contribution < -0.4 is 10.2 Å². The molecule has 0 atom stereocenters. The number of benzene rings is 2. The maximum atomic E-state index is 13.1. The van der Waals surface area contributed by atoms with E-state index in [1.807, 2.05) is 42.2 Å². The molecule has 1 heterocycles. The lowest BCUT2D eigenvalue weighted by Gasteiger charge is -2.21. The van der Waals surface area contributed by atoms with Gasteiger partial charge in [0, 0.05) is 12.2 Å². The van der Waals surface area contributed by atoms with Gasteiger partial charge in [0.2, 0.25) is 0 Å². The minimum absolute atomic E-state index is 0.0788. The summed E-state index contributed by atoms with van der Waals surface area (Å²) in [6.07, 6.45) is -1.91. The molecule has 28 heavy (non-hydrogen) atoms. The van der Waals surface area contributed by atoms with Crippen molar-refractivity contribution in [3.8, 4) is 0 Å². The minimum atomic E-state index is -4.57. The summed E-state index contributed by atoms with van der Waals surface area (Å²) in [6.45, 7) is 2.58. The van der Waals surface area contributed by atoms with Crippen molar-refractivity contribution in [2.45, 2.75) is 13.1 Å². The average Bonchev–Trinajstić information content (AvgIpc) is 2.69. The largest absolute Gasteiger partial charge is 0.418 e. The van der Waals surface area contributed by atoms with Crippen LogP contribution in [-0.2, 0) is 6.18 Å². The van der Waals surface area contributed by atoms with E-state index in [1.165, 1.54) is 30.6 Å². The lowest BCUT2D eigenvalue weighted by atomic mass is 10.1. The van der Waals surface area contributed by atoms with Gasteiger partial charge in [-0.2, -0.15) is 13.2 Å². The Bertz CT molecular complexity index is 944. The third-order valence-electron chi connectivity index (χ3n) is 4.01. The molecule has 0 aliphatic rings. The summed E-state index contributed by atoms with van der Waals surface area (Å²) >= 11 is 0. The van der Waals surface area contributed by atoms with Crippen molar-refractivity contribution in [1.82, 2.24) is 9.97 Å². The predicted octanol–water partition coefficient (Wildman–Crippen LogP) is 4.91. The van der Waals surface area contributed by atoms with Gasteiger partial charge in [-0.25, -0.2) is 9.97 Å². The number of para-hydroxylation sites is 2. The number of nitrogens with zero attached hydrogens (tertiary/aromatic N) is 3. The van der Waals surface area contributed by atoms with E-state index in [0.717, 1.165) is 11.8 Å². The third-order valence-corrected chi connectivity index (χ3v) is 4.01. The molecule has 0 aliphatic carbocycles. The van der Waals surface area contributed by atoms with Gasteiger partial charge < -0.3 is 10.2 Å². The number of halogens is 3. The molecular weight excluding hydrogens is 369 g/mol. The number of aromatic nitrogens is 2. The SMILES string of the molecule is CCN(c1ccccc1)c1cnc(C(=O)Nc2ccccc2C(F)(F)F)cn1. The smallest absolute Gasteiger partial charge is 0.325 e. The molecular formula is C20H17F3N4O. The summed E-state index contributed by atoms with van der Waals surface area (Å²) in [4.78, 5) is 22.5. The molecule has 0 bridgehead atoms. The summed E-state index contributed by atoms with van der Waals surface area (Å²) in [7, 11) is 0. The Balaban J connectivity index is 1.80. The lowest BCUT2D eigenvalue weighted by Crippen LogP contribution is -2.20. The number of hydrogen-bond donors (Lipinski definition) is 1. The van der Waals surface area contributed by atoms with Crippen molar-refractivity contribution >= 4 is 23.1 Å². The molecule has 0 aliphatic heterocycles. The van der Waals surface area contributed by atoms with Gasteiger partial charge in [0.25, 0.3) is 5.91 Å². The fraction of sp³-hybridized carbons (Fsp3) is 0.150. The summed E-state index contributed by atoms with van der Waals surface area (Å²) in [5.41, 5.74) is -0.417. The second-order valence-electron chi connectivity index (χ2n) is 5.84. The van der Waals surface area contributed by atoms with Crippen LogP contribution in [0.2, 0.25) is 0 Å². The van der Waals surface area contributed by atoms with Crippen LogP contribution in [0, 0.1) is 0 Å². The molecule has 3 rings (SSSR count). The average molecular weight is 386 g/mol. The summed E-state index contributed by atoms with van der Waals surface area (Å²) < 4.78 is 39.2. The molecule has 1 aromatic heterocycles. The van der Waals surface area contributed by atoms with Crippen molar-refractivity contribution in [3.05, 3.63) is 78.2 Å². The van der Waals surface area contributed by atoms with Crippen molar-refractivity contribution in [2.75, 3.05) is 16.8 Å². The maximum Gasteiger partial charge on any atom is 0.418 e. The zero-order chi connectivity index (χ0) is 20.1. The van der Waals surface area contributed by atoms with E-state index in [1.54, 1.807) is 0 Å². The highest BCUT2D eigenvalue weighted by Crippen LogP contribution is 2.34. The van der Waals surface area contributed by atoms with Gasteiger partial charge in [-0.05, 0) is 31.2 Å². The number of carbonyl (C=O) groups is 1. The molecule has 0 radical (unpaired) electrons. The van der Waals surface area contributed by atoms with Gasteiger partial charge in [-0.15, -0.1) is 0 Å². The van der Waals surface area contributed by atoms with E-state index in [9.17, 15) is 18.0 Å². The van der Waals surface area contributed by atoms with Crippen LogP contribution in [0.4, 0.5) is 30.4 Å². The molecule has 1 N–H and O–H groups in total. The fourth-order valence-electron chi connectivity index (χ4n) is 2.69. The zero-order valence-electron chi connectivity index (χ0n) is 14.9. The maximum absolute atomic E-state index is 13.1. The fourth-order valence-corrected chi connectivity index (χ4v) is 2.69. The normalized spacial score (nSPS) is 11.1. The zero-order valence-corrected chi connectivity index (χ0v) is 14.9. The number of alkyl halides is 3. The van der Waals surface area contributed by atoms with Crippen LogP contribution in [0.3, 0.4) is 0 Å². The van der Waals surface area contributed by atoms with Gasteiger partial charge in [0.05, 0.1) is 23.6 Å². The molecule has 0 spiro atoms. The van der Waals surface area contributed by atoms with Gasteiger partial charge in [-0.3, -0.25) is 4.79 Å². The Morgan fingerprint density at radius 1 is 1.00 bits per heavy atom. The Labute approximate surface area is 159 Å². The number of carbonyl (C=O) groups excluding carboxylic acids is 1. The Morgan fingerprint density at radius 2 is 1.68 bits per heavy atom. The molecule has 8 heteroatoms. The van der Waals surface area contributed by atoms with Crippen molar-refractivity contribution in [2.24, 2.45) is 0 Å². The number of hydrogen-bond acceptors (Lipinski definition) is 4. The lowest BCUT2D eigenvalue weighted by molar-refractivity contribution is -0.136. The van der Waals surface area contributed by atoms with Crippen LogP contribution in [0.25, 0.3) is 0 Å². The first-order chi connectivity index (χ1) is 13.4. The molecule has 0 saturated carbocycles. The number of anilines is 3. The topological polar surface area (TPSA) is 58.1 Å². The standard InChI is InChI=1S/C20H17F3N4O/c1-2-27(14-8-4-3-5-9-14)18-13-24-17(12-25-18)19(28)26-16-11-7-6-10-15(16)20(21,22)23/h3-13H,2H2,1H3,(H,26,28). The van der Waals surface area contributed by atoms with E-state index in [-0.39, 0.29) is 11.4 Å². The molecule has 0 saturated heterocycles. The second-order valence-corrected chi connectivity index (χ2v) is 5.84. The number of amides is 1. The molecule has 3 aromatic rings. The second kappa shape index (κ2) is 8.08. The van der Waals surface area contributed by atoms with Crippen molar-refractivity contribution < 1.29 is 18.0 Å². The van der Waals surface area contributed by atoms with Crippen molar-refractivity contribution in [1.29, 1.82) is 0 Å². The summed E-state index contributed by atoms with van der Waals surface area (Å²) in [6, 6.07) is 14.3. The van der Waals surface area contributed by atoms with E-state index in [4.69, 9.17) is 0 Å². The van der Waals surface area contributed by atoms with Crippen molar-refractivity contribution in [3.63, 3.8) is 0 Å². The van der Waals surface area contributed by atoms with Crippen LogP contribution >= 0.6 is 0 Å². The summed E-state index contributed by atoms with van der Waals surface area (Å²) in [5.74, 6) is -0.237. The van der Waals surface area contributed by atoms with Crippen LogP contribution in [0.5, 0.6) is 0 Å². The predicted molar refractivity (Wildman–Crippen MR) is 101 cm³/mol. The van der Waals surface area contributed by atoms with Gasteiger partial charge >= 0.3 is 6.18 Å².